The number of aryl methyl sites for hydroxylation is 2. The van der Waals surface area contributed by atoms with E-state index in [4.69, 9.17) is 0 Å². The molecule has 3 aromatic rings. The standard InChI is InChI=1S/C20H18O3/c1-12-6-8-18(21)16(10-12)14-4-3-5-15(20(14)23)17-11-13(2)7-9-19(17)22/h3-11,21-23H,1-2H3. The fourth-order valence-corrected chi connectivity index (χ4v) is 2.71. The van der Waals surface area contributed by atoms with Gasteiger partial charge in [0.05, 0.1) is 0 Å². The number of hydrogen-bond donors (Lipinski definition) is 3. The number of hydrogen-bond acceptors (Lipinski definition) is 3. The topological polar surface area (TPSA) is 60.7 Å². The molecule has 0 spiro atoms. The first-order chi connectivity index (χ1) is 11.0. The summed E-state index contributed by atoms with van der Waals surface area (Å²) in [4.78, 5) is 0. The van der Waals surface area contributed by atoms with Gasteiger partial charge in [-0.1, -0.05) is 41.5 Å². The van der Waals surface area contributed by atoms with E-state index < -0.39 is 0 Å². The van der Waals surface area contributed by atoms with Crippen LogP contribution in [0.5, 0.6) is 17.2 Å². The average molecular weight is 306 g/mol. The van der Waals surface area contributed by atoms with Crippen LogP contribution in [0.15, 0.2) is 54.6 Å². The van der Waals surface area contributed by atoms with Crippen molar-refractivity contribution in [2.45, 2.75) is 13.8 Å². The van der Waals surface area contributed by atoms with Gasteiger partial charge in [0, 0.05) is 22.3 Å². The Morgan fingerprint density at radius 1 is 0.565 bits per heavy atom. The first-order valence-corrected chi connectivity index (χ1v) is 7.39. The molecule has 0 aliphatic carbocycles. The summed E-state index contributed by atoms with van der Waals surface area (Å²) < 4.78 is 0. The Bertz CT molecular complexity index is 812. The van der Waals surface area contributed by atoms with Crippen LogP contribution in [0, 0.1) is 13.8 Å². The van der Waals surface area contributed by atoms with Crippen molar-refractivity contribution in [3.8, 4) is 39.5 Å². The zero-order valence-electron chi connectivity index (χ0n) is 13.0. The summed E-state index contributed by atoms with van der Waals surface area (Å²) in [6, 6.07) is 15.8. The van der Waals surface area contributed by atoms with Crippen LogP contribution in [0.2, 0.25) is 0 Å². The summed E-state index contributed by atoms with van der Waals surface area (Å²) in [6.45, 7) is 3.85. The van der Waals surface area contributed by atoms with E-state index >= 15 is 0 Å². The van der Waals surface area contributed by atoms with Crippen LogP contribution >= 0.6 is 0 Å². The second-order valence-electron chi connectivity index (χ2n) is 5.74. The fraction of sp³-hybridized carbons (Fsp3) is 0.100. The van der Waals surface area contributed by atoms with Gasteiger partial charge in [-0.2, -0.15) is 0 Å². The summed E-state index contributed by atoms with van der Waals surface area (Å²) >= 11 is 0. The van der Waals surface area contributed by atoms with Crippen molar-refractivity contribution in [3.05, 3.63) is 65.7 Å². The molecule has 3 heteroatoms. The van der Waals surface area contributed by atoms with Crippen LogP contribution in [-0.2, 0) is 0 Å². The van der Waals surface area contributed by atoms with E-state index in [1.54, 1.807) is 30.3 Å². The van der Waals surface area contributed by atoms with Crippen LogP contribution in [0.25, 0.3) is 22.3 Å². The summed E-state index contributed by atoms with van der Waals surface area (Å²) in [5, 5.41) is 30.9. The number of phenols is 3. The maximum absolute atomic E-state index is 10.7. The SMILES string of the molecule is Cc1ccc(O)c(-c2cccc(-c3cc(C)ccc3O)c2O)c1. The van der Waals surface area contributed by atoms with Crippen LogP contribution in [0.1, 0.15) is 11.1 Å². The summed E-state index contributed by atoms with van der Waals surface area (Å²) in [5.41, 5.74) is 4.17. The molecule has 0 aliphatic heterocycles. The summed E-state index contributed by atoms with van der Waals surface area (Å²) in [6.07, 6.45) is 0. The van der Waals surface area contributed by atoms with Crippen LogP contribution < -0.4 is 0 Å². The molecule has 0 atom stereocenters. The third kappa shape index (κ3) is 2.73. The van der Waals surface area contributed by atoms with Gasteiger partial charge in [0.1, 0.15) is 17.2 Å². The first-order valence-electron chi connectivity index (χ1n) is 7.39. The fourth-order valence-electron chi connectivity index (χ4n) is 2.71. The molecule has 0 amide bonds. The number of aromatic hydroxyl groups is 3. The number of phenolic OH excluding ortho intramolecular Hbond substituents is 3. The van der Waals surface area contributed by atoms with Crippen molar-refractivity contribution in [1.29, 1.82) is 0 Å². The predicted octanol–water partition coefficient (Wildman–Crippen LogP) is 4.75. The third-order valence-electron chi connectivity index (χ3n) is 3.92. The van der Waals surface area contributed by atoms with E-state index in [2.05, 4.69) is 0 Å². The molecule has 0 saturated heterocycles. The van der Waals surface area contributed by atoms with Gasteiger partial charge in [-0.05, 0) is 38.1 Å². The summed E-state index contributed by atoms with van der Waals surface area (Å²) in [7, 11) is 0. The minimum Gasteiger partial charge on any atom is -0.507 e. The van der Waals surface area contributed by atoms with Gasteiger partial charge < -0.3 is 15.3 Å². The molecule has 3 nitrogen and oxygen atoms in total. The molecule has 23 heavy (non-hydrogen) atoms. The maximum atomic E-state index is 10.7. The monoisotopic (exact) mass is 306 g/mol. The molecule has 3 aromatic carbocycles. The van der Waals surface area contributed by atoms with Crippen molar-refractivity contribution >= 4 is 0 Å². The summed E-state index contributed by atoms with van der Waals surface area (Å²) in [5.74, 6) is 0.252. The Hall–Kier alpha value is -2.94. The highest BCUT2D eigenvalue weighted by atomic mass is 16.3. The minimum atomic E-state index is 0.0364. The number of rotatable bonds is 2. The molecule has 0 fully saturated rings. The van der Waals surface area contributed by atoms with Gasteiger partial charge in [0.15, 0.2) is 0 Å². The number of para-hydroxylation sites is 1. The third-order valence-corrected chi connectivity index (χ3v) is 3.92. The van der Waals surface area contributed by atoms with Gasteiger partial charge in [-0.15, -0.1) is 0 Å². The Labute approximate surface area is 135 Å². The molecule has 116 valence electrons. The lowest BCUT2D eigenvalue weighted by Crippen LogP contribution is -1.87. The van der Waals surface area contributed by atoms with Gasteiger partial charge >= 0.3 is 0 Å². The molecule has 3 rings (SSSR count). The van der Waals surface area contributed by atoms with E-state index in [-0.39, 0.29) is 17.2 Å². The smallest absolute Gasteiger partial charge is 0.131 e. The zero-order valence-corrected chi connectivity index (χ0v) is 13.0. The van der Waals surface area contributed by atoms with E-state index in [1.165, 1.54) is 0 Å². The van der Waals surface area contributed by atoms with Crippen LogP contribution in [-0.4, -0.2) is 15.3 Å². The largest absolute Gasteiger partial charge is 0.507 e. The second-order valence-corrected chi connectivity index (χ2v) is 5.74. The van der Waals surface area contributed by atoms with E-state index in [0.29, 0.717) is 22.3 Å². The van der Waals surface area contributed by atoms with E-state index in [1.807, 2.05) is 38.1 Å². The number of benzene rings is 3. The molecule has 0 saturated carbocycles. The van der Waals surface area contributed by atoms with Gasteiger partial charge in [-0.3, -0.25) is 0 Å². The van der Waals surface area contributed by atoms with Gasteiger partial charge in [-0.25, -0.2) is 0 Å². The van der Waals surface area contributed by atoms with Gasteiger partial charge in [0.2, 0.25) is 0 Å². The molecule has 0 bridgehead atoms. The van der Waals surface area contributed by atoms with Crippen molar-refractivity contribution in [3.63, 3.8) is 0 Å². The Morgan fingerprint density at radius 3 is 1.43 bits per heavy atom. The highest BCUT2D eigenvalue weighted by Crippen LogP contribution is 2.43. The molecule has 3 N–H and O–H groups in total. The van der Waals surface area contributed by atoms with Crippen molar-refractivity contribution < 1.29 is 15.3 Å². The quantitative estimate of drug-likeness (QED) is 0.640. The van der Waals surface area contributed by atoms with Crippen LogP contribution in [0.3, 0.4) is 0 Å². The molecule has 0 heterocycles. The first kappa shape index (κ1) is 15.0. The van der Waals surface area contributed by atoms with E-state index in [9.17, 15) is 15.3 Å². The Morgan fingerprint density at radius 2 is 1.00 bits per heavy atom. The molecular formula is C20H18O3. The lowest BCUT2D eigenvalue weighted by molar-refractivity contribution is 0.467. The minimum absolute atomic E-state index is 0.0364. The zero-order chi connectivity index (χ0) is 16.6. The van der Waals surface area contributed by atoms with Crippen LogP contribution in [0.4, 0.5) is 0 Å². The normalized spacial score (nSPS) is 10.7. The highest BCUT2D eigenvalue weighted by Gasteiger charge is 2.15. The molecule has 0 unspecified atom stereocenters. The Balaban J connectivity index is 2.23. The van der Waals surface area contributed by atoms with Crippen molar-refractivity contribution in [2.75, 3.05) is 0 Å². The molecule has 0 radical (unpaired) electrons. The molecule has 0 aromatic heterocycles. The predicted molar refractivity (Wildman–Crippen MR) is 91.8 cm³/mol. The van der Waals surface area contributed by atoms with Crippen molar-refractivity contribution in [1.82, 2.24) is 0 Å². The lowest BCUT2D eigenvalue weighted by Gasteiger charge is -2.13. The van der Waals surface area contributed by atoms with E-state index in [0.717, 1.165) is 11.1 Å². The molecule has 0 aliphatic rings. The second kappa shape index (κ2) is 5.69. The van der Waals surface area contributed by atoms with Gasteiger partial charge in [0.25, 0.3) is 0 Å². The Kier molecular flexibility index (Phi) is 3.70. The lowest BCUT2D eigenvalue weighted by atomic mass is 9.95. The maximum Gasteiger partial charge on any atom is 0.131 e. The van der Waals surface area contributed by atoms with Crippen molar-refractivity contribution in [2.24, 2.45) is 0 Å². The molecular weight excluding hydrogens is 288 g/mol. The average Bonchev–Trinajstić information content (AvgIpc) is 2.53. The highest BCUT2D eigenvalue weighted by molar-refractivity contribution is 5.86.